The van der Waals surface area contributed by atoms with Crippen LogP contribution in [-0.2, 0) is 19.6 Å². The number of thiophene rings is 2. The topological polar surface area (TPSA) is 15.3 Å². The van der Waals surface area contributed by atoms with Gasteiger partial charge in [0.25, 0.3) is 0 Å². The van der Waals surface area contributed by atoms with Gasteiger partial charge < -0.3 is 5.32 Å². The van der Waals surface area contributed by atoms with Gasteiger partial charge in [-0.25, -0.2) is 0 Å². The van der Waals surface area contributed by atoms with E-state index in [1.807, 2.05) is 22.7 Å². The number of hydrogen-bond acceptors (Lipinski definition) is 4. The Bertz CT molecular complexity index is 529. The average Bonchev–Trinajstić information content (AvgIpc) is 3.00. The molecule has 2 aromatic rings. The summed E-state index contributed by atoms with van der Waals surface area (Å²) >= 11 is 3.77. The van der Waals surface area contributed by atoms with Crippen molar-refractivity contribution in [3.8, 4) is 0 Å². The van der Waals surface area contributed by atoms with E-state index in [-0.39, 0.29) is 0 Å². The van der Waals surface area contributed by atoms with Crippen molar-refractivity contribution in [2.24, 2.45) is 5.92 Å². The minimum Gasteiger partial charge on any atom is -0.312 e. The molecule has 0 amide bonds. The van der Waals surface area contributed by atoms with Gasteiger partial charge in [0, 0.05) is 34.3 Å². The minimum absolute atomic E-state index is 0.711. The van der Waals surface area contributed by atoms with E-state index in [1.54, 1.807) is 0 Å². The van der Waals surface area contributed by atoms with Crippen molar-refractivity contribution in [3.63, 3.8) is 0 Å². The second-order valence-electron chi connectivity index (χ2n) is 6.07. The molecule has 0 aromatic carbocycles. The summed E-state index contributed by atoms with van der Waals surface area (Å²) in [5.74, 6) is 0.711. The van der Waals surface area contributed by atoms with Crippen LogP contribution in [0.15, 0.2) is 23.6 Å². The van der Waals surface area contributed by atoms with Gasteiger partial charge in [-0.2, -0.15) is 0 Å². The zero-order chi connectivity index (χ0) is 15.2. The van der Waals surface area contributed by atoms with Crippen molar-refractivity contribution in [1.82, 2.24) is 10.2 Å². The van der Waals surface area contributed by atoms with E-state index in [1.165, 1.54) is 20.2 Å². The second kappa shape index (κ2) is 8.08. The molecule has 0 spiro atoms. The molecule has 0 aliphatic carbocycles. The molecule has 0 bridgehead atoms. The third-order valence-corrected chi connectivity index (χ3v) is 5.32. The summed E-state index contributed by atoms with van der Waals surface area (Å²) in [6.45, 7) is 10.9. The molecule has 116 valence electrons. The van der Waals surface area contributed by atoms with Crippen LogP contribution < -0.4 is 5.32 Å². The zero-order valence-corrected chi connectivity index (χ0v) is 15.1. The highest BCUT2D eigenvalue weighted by molar-refractivity contribution is 7.12. The molecular formula is C17H26N2S2. The smallest absolute Gasteiger partial charge is 0.0328 e. The molecule has 2 nitrogen and oxygen atoms in total. The van der Waals surface area contributed by atoms with Crippen molar-refractivity contribution in [2.75, 3.05) is 13.6 Å². The van der Waals surface area contributed by atoms with Gasteiger partial charge >= 0.3 is 0 Å². The number of aryl methyl sites for hydroxylation is 1. The van der Waals surface area contributed by atoms with Crippen LogP contribution in [0.25, 0.3) is 0 Å². The van der Waals surface area contributed by atoms with E-state index in [2.05, 4.69) is 61.6 Å². The number of hydrogen-bond donors (Lipinski definition) is 1. The van der Waals surface area contributed by atoms with E-state index in [9.17, 15) is 0 Å². The quantitative estimate of drug-likeness (QED) is 0.770. The number of nitrogens with one attached hydrogen (secondary N) is 1. The summed E-state index contributed by atoms with van der Waals surface area (Å²) < 4.78 is 0. The van der Waals surface area contributed by atoms with E-state index >= 15 is 0 Å². The van der Waals surface area contributed by atoms with Crippen LogP contribution in [0.1, 0.15) is 34.0 Å². The maximum atomic E-state index is 3.53. The Labute approximate surface area is 136 Å². The molecule has 0 aliphatic rings. The summed E-state index contributed by atoms with van der Waals surface area (Å²) in [7, 11) is 2.20. The van der Waals surface area contributed by atoms with E-state index in [4.69, 9.17) is 0 Å². The maximum Gasteiger partial charge on any atom is 0.0328 e. The third-order valence-electron chi connectivity index (χ3n) is 3.37. The largest absolute Gasteiger partial charge is 0.312 e. The minimum atomic E-state index is 0.711. The number of rotatable bonds is 8. The second-order valence-corrected chi connectivity index (χ2v) is 8.44. The van der Waals surface area contributed by atoms with Gasteiger partial charge in [-0.1, -0.05) is 19.9 Å². The van der Waals surface area contributed by atoms with Gasteiger partial charge in [-0.3, -0.25) is 4.90 Å². The molecule has 21 heavy (non-hydrogen) atoms. The summed E-state index contributed by atoms with van der Waals surface area (Å²) in [5.41, 5.74) is 1.47. The van der Waals surface area contributed by atoms with Gasteiger partial charge in [-0.15, -0.1) is 22.7 Å². The lowest BCUT2D eigenvalue weighted by Crippen LogP contribution is -2.18. The first-order chi connectivity index (χ1) is 10.0. The number of nitrogens with zero attached hydrogens (tertiary/aromatic N) is 1. The highest BCUT2D eigenvalue weighted by atomic mass is 32.1. The van der Waals surface area contributed by atoms with Crippen LogP contribution in [0.2, 0.25) is 0 Å². The molecule has 2 aromatic heterocycles. The zero-order valence-electron chi connectivity index (χ0n) is 13.5. The van der Waals surface area contributed by atoms with Crippen LogP contribution in [0.4, 0.5) is 0 Å². The first kappa shape index (κ1) is 16.7. The van der Waals surface area contributed by atoms with Crippen molar-refractivity contribution < 1.29 is 0 Å². The highest BCUT2D eigenvalue weighted by Crippen LogP contribution is 2.23. The van der Waals surface area contributed by atoms with Crippen molar-refractivity contribution in [2.45, 2.75) is 40.4 Å². The monoisotopic (exact) mass is 322 g/mol. The molecule has 0 unspecified atom stereocenters. The van der Waals surface area contributed by atoms with Gasteiger partial charge in [0.1, 0.15) is 0 Å². The highest BCUT2D eigenvalue weighted by Gasteiger charge is 2.09. The molecule has 0 aliphatic heterocycles. The molecule has 0 saturated heterocycles. The molecule has 4 heteroatoms. The molecule has 0 saturated carbocycles. The maximum absolute atomic E-state index is 3.53. The molecule has 2 heterocycles. The van der Waals surface area contributed by atoms with Crippen molar-refractivity contribution >= 4 is 22.7 Å². The Morgan fingerprint density at radius 3 is 2.71 bits per heavy atom. The standard InChI is InChI=1S/C17H26N2S2/c1-13(2)9-18-10-17-8-15(14(3)21-17)11-19(4)12-16-6-5-7-20-16/h5-8,13,18H,9-12H2,1-4H3. The van der Waals surface area contributed by atoms with E-state index in [0.29, 0.717) is 5.92 Å². The predicted molar refractivity (Wildman–Crippen MR) is 95.1 cm³/mol. The first-order valence-corrected chi connectivity index (χ1v) is 9.24. The predicted octanol–water partition coefficient (Wildman–Crippen LogP) is 4.50. The summed E-state index contributed by atoms with van der Waals surface area (Å²) in [5, 5.41) is 5.68. The first-order valence-electron chi connectivity index (χ1n) is 7.54. The van der Waals surface area contributed by atoms with Crippen LogP contribution in [0.5, 0.6) is 0 Å². The molecule has 1 N–H and O–H groups in total. The van der Waals surface area contributed by atoms with Crippen molar-refractivity contribution in [3.05, 3.63) is 43.8 Å². The molecule has 0 radical (unpaired) electrons. The van der Waals surface area contributed by atoms with E-state index in [0.717, 1.165) is 26.2 Å². The van der Waals surface area contributed by atoms with Crippen molar-refractivity contribution in [1.29, 1.82) is 0 Å². The lowest BCUT2D eigenvalue weighted by molar-refractivity contribution is 0.322. The van der Waals surface area contributed by atoms with Gasteiger partial charge in [0.15, 0.2) is 0 Å². The Morgan fingerprint density at radius 2 is 2.05 bits per heavy atom. The molecule has 0 fully saturated rings. The van der Waals surface area contributed by atoms with Gasteiger partial charge in [0.05, 0.1) is 0 Å². The SMILES string of the molecule is Cc1sc(CNCC(C)C)cc1CN(C)Cc1cccs1. The molecule has 2 rings (SSSR count). The lowest BCUT2D eigenvalue weighted by Gasteiger charge is -2.15. The summed E-state index contributed by atoms with van der Waals surface area (Å²) in [6, 6.07) is 6.71. The van der Waals surface area contributed by atoms with Gasteiger partial charge in [-0.05, 0) is 49.5 Å². The Balaban J connectivity index is 1.86. The fourth-order valence-corrected chi connectivity index (χ4v) is 4.14. The molecule has 0 atom stereocenters. The van der Waals surface area contributed by atoms with Crippen LogP contribution >= 0.6 is 22.7 Å². The van der Waals surface area contributed by atoms with Crippen LogP contribution in [0, 0.1) is 12.8 Å². The summed E-state index contributed by atoms with van der Waals surface area (Å²) in [6.07, 6.45) is 0. The molecular weight excluding hydrogens is 296 g/mol. The van der Waals surface area contributed by atoms with E-state index < -0.39 is 0 Å². The van der Waals surface area contributed by atoms with Crippen LogP contribution in [0.3, 0.4) is 0 Å². The fraction of sp³-hybridized carbons (Fsp3) is 0.529. The normalized spacial score (nSPS) is 11.7. The lowest BCUT2D eigenvalue weighted by atomic mass is 10.2. The Hall–Kier alpha value is -0.680. The Morgan fingerprint density at radius 1 is 1.24 bits per heavy atom. The average molecular weight is 323 g/mol. The summed E-state index contributed by atoms with van der Waals surface area (Å²) in [4.78, 5) is 6.73. The Kier molecular flexibility index (Phi) is 6.42. The fourth-order valence-electron chi connectivity index (χ4n) is 2.33. The van der Waals surface area contributed by atoms with Crippen LogP contribution in [-0.4, -0.2) is 18.5 Å². The van der Waals surface area contributed by atoms with Gasteiger partial charge in [0.2, 0.25) is 0 Å². The third kappa shape index (κ3) is 5.55.